The summed E-state index contributed by atoms with van der Waals surface area (Å²) in [6.45, 7) is 2.96. The van der Waals surface area contributed by atoms with E-state index in [4.69, 9.17) is 16.3 Å². The van der Waals surface area contributed by atoms with E-state index in [0.29, 0.717) is 30.1 Å². The summed E-state index contributed by atoms with van der Waals surface area (Å²) in [5, 5.41) is 0.337. The van der Waals surface area contributed by atoms with Crippen molar-refractivity contribution in [2.75, 3.05) is 35.5 Å². The van der Waals surface area contributed by atoms with Crippen molar-refractivity contribution < 1.29 is 26.7 Å². The molecule has 6 nitrogen and oxygen atoms in total. The molecule has 0 bridgehead atoms. The fourth-order valence-electron chi connectivity index (χ4n) is 4.30. The van der Waals surface area contributed by atoms with Crippen LogP contribution < -0.4 is 4.31 Å². The van der Waals surface area contributed by atoms with Crippen LogP contribution in [-0.2, 0) is 21.2 Å². The molecule has 0 N–H and O–H groups in total. The maximum Gasteiger partial charge on any atom is 0.409 e. The molecule has 0 spiro atoms. The fourth-order valence-corrected chi connectivity index (χ4v) is 6.97. The molecule has 1 atom stereocenters. The van der Waals surface area contributed by atoms with Crippen molar-refractivity contribution in [3.8, 4) is 0 Å². The minimum atomic E-state index is -4.35. The van der Waals surface area contributed by atoms with Crippen molar-refractivity contribution in [2.24, 2.45) is 0 Å². The molecule has 38 heavy (non-hydrogen) atoms. The van der Waals surface area contributed by atoms with Gasteiger partial charge >= 0.3 is 6.09 Å². The normalized spacial score (nSPS) is 14.7. The van der Waals surface area contributed by atoms with Crippen molar-refractivity contribution in [1.82, 2.24) is 4.90 Å². The SMILES string of the molecule is C[C@H](c1ccccc1CCOC(=O)N1CCSCC1)N(c1cc(F)ccc1F)S(=O)(=O)c1ccc(Cl)cc1. The van der Waals surface area contributed by atoms with E-state index in [9.17, 15) is 17.6 Å². The molecule has 1 fully saturated rings. The number of halogens is 3. The van der Waals surface area contributed by atoms with Crippen molar-refractivity contribution in [2.45, 2.75) is 24.3 Å². The largest absolute Gasteiger partial charge is 0.449 e. The number of anilines is 1. The number of sulfonamides is 1. The van der Waals surface area contributed by atoms with Gasteiger partial charge in [0, 0.05) is 42.1 Å². The molecule has 3 aromatic rings. The Morgan fingerprint density at radius 3 is 2.47 bits per heavy atom. The molecule has 1 aliphatic rings. The van der Waals surface area contributed by atoms with Gasteiger partial charge in [-0.2, -0.15) is 11.8 Å². The van der Waals surface area contributed by atoms with Crippen molar-refractivity contribution in [3.63, 3.8) is 0 Å². The predicted molar refractivity (Wildman–Crippen MR) is 146 cm³/mol. The van der Waals surface area contributed by atoms with Gasteiger partial charge in [-0.3, -0.25) is 4.31 Å². The lowest BCUT2D eigenvalue weighted by molar-refractivity contribution is 0.107. The number of amides is 1. The topological polar surface area (TPSA) is 66.9 Å². The summed E-state index contributed by atoms with van der Waals surface area (Å²) in [5.41, 5.74) is 0.867. The number of ether oxygens (including phenoxy) is 1. The zero-order chi connectivity index (χ0) is 27.3. The molecule has 0 aromatic heterocycles. The molecule has 3 aromatic carbocycles. The van der Waals surface area contributed by atoms with Crippen LogP contribution in [0, 0.1) is 11.6 Å². The minimum Gasteiger partial charge on any atom is -0.449 e. The summed E-state index contributed by atoms with van der Waals surface area (Å²) < 4.78 is 63.3. The molecular formula is C27H27ClF2N2O4S2. The molecule has 0 radical (unpaired) electrons. The van der Waals surface area contributed by atoms with Crippen LogP contribution in [0.4, 0.5) is 19.3 Å². The minimum absolute atomic E-state index is 0.0878. The van der Waals surface area contributed by atoms with Crippen LogP contribution in [0.3, 0.4) is 0 Å². The van der Waals surface area contributed by atoms with E-state index in [2.05, 4.69) is 0 Å². The van der Waals surface area contributed by atoms with Crippen molar-refractivity contribution >= 4 is 45.2 Å². The average Bonchev–Trinajstić information content (AvgIpc) is 2.91. The van der Waals surface area contributed by atoms with E-state index in [1.54, 1.807) is 47.9 Å². The average molecular weight is 581 g/mol. The summed E-state index contributed by atoms with van der Waals surface area (Å²) in [6, 6.07) is 14.3. The van der Waals surface area contributed by atoms with Crippen molar-refractivity contribution in [1.29, 1.82) is 0 Å². The lowest BCUT2D eigenvalue weighted by Crippen LogP contribution is -2.38. The highest BCUT2D eigenvalue weighted by Crippen LogP contribution is 2.36. The van der Waals surface area contributed by atoms with Crippen LogP contribution in [0.5, 0.6) is 0 Å². The van der Waals surface area contributed by atoms with Crippen LogP contribution in [0.25, 0.3) is 0 Å². The van der Waals surface area contributed by atoms with Gasteiger partial charge in [-0.15, -0.1) is 0 Å². The second kappa shape index (κ2) is 12.4. The molecule has 1 heterocycles. The first-order valence-electron chi connectivity index (χ1n) is 12.0. The van der Waals surface area contributed by atoms with Gasteiger partial charge in [-0.05, 0) is 54.4 Å². The van der Waals surface area contributed by atoms with Crippen LogP contribution in [0.15, 0.2) is 71.6 Å². The van der Waals surface area contributed by atoms with Gasteiger partial charge < -0.3 is 9.64 Å². The van der Waals surface area contributed by atoms with Gasteiger partial charge in [0.1, 0.15) is 11.6 Å². The van der Waals surface area contributed by atoms with E-state index in [1.165, 1.54) is 24.3 Å². The molecule has 1 aliphatic heterocycles. The Morgan fingerprint density at radius 1 is 1.08 bits per heavy atom. The van der Waals surface area contributed by atoms with Crippen LogP contribution in [0.2, 0.25) is 5.02 Å². The summed E-state index contributed by atoms with van der Waals surface area (Å²) in [4.78, 5) is 13.9. The lowest BCUT2D eigenvalue weighted by atomic mass is 9.99. The first-order chi connectivity index (χ1) is 18.2. The quantitative estimate of drug-likeness (QED) is 0.313. The highest BCUT2D eigenvalue weighted by Gasteiger charge is 2.33. The molecule has 1 saturated heterocycles. The zero-order valence-corrected chi connectivity index (χ0v) is 23.0. The van der Waals surface area contributed by atoms with E-state index in [-0.39, 0.29) is 17.6 Å². The molecular weight excluding hydrogens is 554 g/mol. The molecule has 0 unspecified atom stereocenters. The Balaban J connectivity index is 1.66. The molecule has 11 heteroatoms. The molecule has 1 amide bonds. The summed E-state index contributed by atoms with van der Waals surface area (Å²) in [5.74, 6) is 0.0664. The number of nitrogens with zero attached hydrogens (tertiary/aromatic N) is 2. The van der Waals surface area contributed by atoms with E-state index < -0.39 is 33.4 Å². The molecule has 4 rings (SSSR count). The third kappa shape index (κ3) is 6.42. The number of carbonyl (C=O) groups excluding carboxylic acids is 1. The third-order valence-corrected chi connectivity index (χ3v) is 9.33. The molecule has 0 saturated carbocycles. The smallest absolute Gasteiger partial charge is 0.409 e. The zero-order valence-electron chi connectivity index (χ0n) is 20.6. The third-order valence-electron chi connectivity index (χ3n) is 6.24. The van der Waals surface area contributed by atoms with Gasteiger partial charge in [0.15, 0.2) is 0 Å². The predicted octanol–water partition coefficient (Wildman–Crippen LogP) is 6.30. The fraction of sp³-hybridized carbons (Fsp3) is 0.296. The molecule has 0 aliphatic carbocycles. The van der Waals surface area contributed by atoms with Gasteiger partial charge in [0.2, 0.25) is 0 Å². The van der Waals surface area contributed by atoms with E-state index in [1.807, 2.05) is 0 Å². The van der Waals surface area contributed by atoms with Crippen LogP contribution in [-0.4, -0.2) is 50.6 Å². The number of thioether (sulfide) groups is 1. The number of benzene rings is 3. The number of carbonyl (C=O) groups is 1. The van der Waals surface area contributed by atoms with Crippen molar-refractivity contribution in [3.05, 3.63) is 94.5 Å². The van der Waals surface area contributed by atoms with Gasteiger partial charge in [0.25, 0.3) is 10.0 Å². The Labute approximate surface area is 230 Å². The van der Waals surface area contributed by atoms with Gasteiger partial charge in [-0.1, -0.05) is 35.9 Å². The van der Waals surface area contributed by atoms with Gasteiger partial charge in [0.05, 0.1) is 23.2 Å². The van der Waals surface area contributed by atoms with E-state index >= 15 is 4.39 Å². The lowest BCUT2D eigenvalue weighted by Gasteiger charge is -2.32. The second-order valence-corrected chi connectivity index (χ2v) is 12.2. The highest BCUT2D eigenvalue weighted by molar-refractivity contribution is 7.99. The Morgan fingerprint density at radius 2 is 1.76 bits per heavy atom. The summed E-state index contributed by atoms with van der Waals surface area (Å²) in [6.07, 6.45) is -0.0698. The first-order valence-corrected chi connectivity index (χ1v) is 15.0. The summed E-state index contributed by atoms with van der Waals surface area (Å²) >= 11 is 7.73. The maximum absolute atomic E-state index is 15.0. The monoisotopic (exact) mass is 580 g/mol. The number of hydrogen-bond acceptors (Lipinski definition) is 5. The first kappa shape index (κ1) is 28.2. The number of rotatable bonds is 8. The highest BCUT2D eigenvalue weighted by atomic mass is 35.5. The Kier molecular flexibility index (Phi) is 9.17. The van der Waals surface area contributed by atoms with Gasteiger partial charge in [-0.25, -0.2) is 22.0 Å². The number of hydrogen-bond donors (Lipinski definition) is 0. The second-order valence-electron chi connectivity index (χ2n) is 8.69. The maximum atomic E-state index is 15.0. The summed E-state index contributed by atoms with van der Waals surface area (Å²) in [7, 11) is -4.35. The van der Waals surface area contributed by atoms with Crippen LogP contribution in [0.1, 0.15) is 24.1 Å². The standard InChI is InChI=1S/C27H27ClF2N2O4S2/c1-19(24-5-3-2-4-20(24)12-15-36-27(33)31-13-16-37-17-14-31)32(26-18-22(29)8-11-25(26)30)38(34,35)23-9-6-21(28)7-10-23/h2-11,18-19H,12-17H2,1H3/t19-/m1/s1. The Bertz CT molecular complexity index is 1380. The Hall–Kier alpha value is -2.82. The van der Waals surface area contributed by atoms with E-state index in [0.717, 1.165) is 39.6 Å². The molecule has 202 valence electrons. The van der Waals surface area contributed by atoms with Crippen LogP contribution >= 0.6 is 23.4 Å².